The molecule has 1 atom stereocenters. The lowest BCUT2D eigenvalue weighted by Crippen LogP contribution is -2.28. The fraction of sp³-hybridized carbons (Fsp3) is 0.300. The van der Waals surface area contributed by atoms with Crippen LogP contribution in [0.15, 0.2) is 18.3 Å². The first-order chi connectivity index (χ1) is 7.20. The topological polar surface area (TPSA) is 83.0 Å². The van der Waals surface area contributed by atoms with Crippen molar-refractivity contribution in [3.05, 3.63) is 24.0 Å². The Hall–Kier alpha value is -1.93. The lowest BCUT2D eigenvalue weighted by atomic mass is 10.3. The number of aromatic nitrogens is 1. The summed E-state index contributed by atoms with van der Waals surface area (Å²) in [5.41, 5.74) is 6.72. The second-order valence-corrected chi connectivity index (χ2v) is 3.48. The lowest BCUT2D eigenvalue weighted by molar-refractivity contribution is -0.117. The fourth-order valence-electron chi connectivity index (χ4n) is 1.60. The third-order valence-corrected chi connectivity index (χ3v) is 2.33. The summed E-state index contributed by atoms with van der Waals surface area (Å²) in [6.07, 6.45) is 1.90. The molecule has 2 heterocycles. The van der Waals surface area contributed by atoms with Gasteiger partial charge in [-0.25, -0.2) is 4.98 Å². The molecule has 76 valence electrons. The summed E-state index contributed by atoms with van der Waals surface area (Å²) in [6.45, 7) is 0.520. The second kappa shape index (κ2) is 3.67. The molecule has 0 saturated carbocycles. The molecule has 1 fully saturated rings. The predicted molar refractivity (Wildman–Crippen MR) is 53.9 cm³/mol. The Morgan fingerprint density at radius 2 is 2.40 bits per heavy atom. The maximum absolute atomic E-state index is 11.5. The molecule has 2 rings (SSSR count). The fourth-order valence-corrected chi connectivity index (χ4v) is 1.60. The van der Waals surface area contributed by atoms with Gasteiger partial charge in [-0.2, -0.15) is 5.26 Å². The van der Waals surface area contributed by atoms with Crippen molar-refractivity contribution < 1.29 is 4.79 Å². The van der Waals surface area contributed by atoms with Gasteiger partial charge in [0.2, 0.25) is 5.91 Å². The van der Waals surface area contributed by atoms with Crippen LogP contribution in [0, 0.1) is 11.3 Å². The first-order valence-corrected chi connectivity index (χ1v) is 4.63. The van der Waals surface area contributed by atoms with Gasteiger partial charge in [-0.05, 0) is 12.1 Å². The minimum Gasteiger partial charge on any atom is -0.326 e. The van der Waals surface area contributed by atoms with Crippen LogP contribution in [0.1, 0.15) is 12.1 Å². The van der Waals surface area contributed by atoms with E-state index < -0.39 is 0 Å². The van der Waals surface area contributed by atoms with E-state index in [1.54, 1.807) is 17.0 Å². The van der Waals surface area contributed by atoms with Crippen molar-refractivity contribution in [2.24, 2.45) is 5.73 Å². The maximum atomic E-state index is 11.5. The largest absolute Gasteiger partial charge is 0.326 e. The zero-order valence-corrected chi connectivity index (χ0v) is 8.05. The third-order valence-electron chi connectivity index (χ3n) is 2.33. The smallest absolute Gasteiger partial charge is 0.228 e. The Bertz CT molecular complexity index is 420. The number of carbonyl (C=O) groups excluding carboxylic acids is 1. The van der Waals surface area contributed by atoms with Crippen molar-refractivity contribution >= 4 is 11.6 Å². The molecule has 1 unspecified atom stereocenters. The molecule has 0 radical (unpaired) electrons. The third kappa shape index (κ3) is 1.80. The summed E-state index contributed by atoms with van der Waals surface area (Å²) in [5.74, 6) is 0.00834. The van der Waals surface area contributed by atoms with E-state index in [4.69, 9.17) is 11.0 Å². The highest BCUT2D eigenvalue weighted by molar-refractivity contribution is 5.96. The number of hydrogen-bond donors (Lipinski definition) is 1. The Balaban J connectivity index is 2.23. The van der Waals surface area contributed by atoms with Crippen LogP contribution in [0.25, 0.3) is 0 Å². The van der Waals surface area contributed by atoms with Crippen molar-refractivity contribution in [2.75, 3.05) is 11.4 Å². The zero-order valence-electron chi connectivity index (χ0n) is 8.05. The van der Waals surface area contributed by atoms with Gasteiger partial charge < -0.3 is 10.6 Å². The van der Waals surface area contributed by atoms with E-state index in [2.05, 4.69) is 4.98 Å². The highest BCUT2D eigenvalue weighted by atomic mass is 16.2. The summed E-state index contributed by atoms with van der Waals surface area (Å²) in [4.78, 5) is 17.0. The monoisotopic (exact) mass is 202 g/mol. The molecule has 5 heteroatoms. The first-order valence-electron chi connectivity index (χ1n) is 4.63. The molecular formula is C10H10N4O. The van der Waals surface area contributed by atoms with Gasteiger partial charge in [0.05, 0.1) is 11.9 Å². The van der Waals surface area contributed by atoms with Crippen molar-refractivity contribution in [2.45, 2.75) is 12.5 Å². The van der Waals surface area contributed by atoms with Gasteiger partial charge in [0.1, 0.15) is 11.8 Å². The molecule has 15 heavy (non-hydrogen) atoms. The maximum Gasteiger partial charge on any atom is 0.228 e. The molecule has 5 nitrogen and oxygen atoms in total. The summed E-state index contributed by atoms with van der Waals surface area (Å²) < 4.78 is 0. The molecule has 1 aromatic rings. The summed E-state index contributed by atoms with van der Waals surface area (Å²) in [5, 5.41) is 8.57. The molecule has 2 N–H and O–H groups in total. The van der Waals surface area contributed by atoms with E-state index in [1.165, 1.54) is 6.20 Å². The normalized spacial score (nSPS) is 20.4. The van der Waals surface area contributed by atoms with E-state index in [0.29, 0.717) is 24.3 Å². The number of hydrogen-bond acceptors (Lipinski definition) is 4. The van der Waals surface area contributed by atoms with Crippen LogP contribution >= 0.6 is 0 Å². The number of nitrogens with two attached hydrogens (primary N) is 1. The number of carbonyl (C=O) groups is 1. The molecule has 0 aromatic carbocycles. The second-order valence-electron chi connectivity index (χ2n) is 3.48. The van der Waals surface area contributed by atoms with E-state index in [0.717, 1.165) is 0 Å². The summed E-state index contributed by atoms with van der Waals surface area (Å²) in [6, 6.07) is 5.12. The number of pyridine rings is 1. The summed E-state index contributed by atoms with van der Waals surface area (Å²) >= 11 is 0. The molecule has 1 aliphatic heterocycles. The molecule has 1 aromatic heterocycles. The minimum absolute atomic E-state index is 0.00834. The molecule has 0 spiro atoms. The van der Waals surface area contributed by atoms with Crippen LogP contribution in [0.4, 0.5) is 5.69 Å². The van der Waals surface area contributed by atoms with Gasteiger partial charge in [0.25, 0.3) is 0 Å². The lowest BCUT2D eigenvalue weighted by Gasteiger charge is -2.15. The van der Waals surface area contributed by atoms with Gasteiger partial charge in [-0.3, -0.25) is 4.79 Å². The van der Waals surface area contributed by atoms with E-state index >= 15 is 0 Å². The Labute approximate surface area is 87.1 Å². The van der Waals surface area contributed by atoms with Crippen LogP contribution in [0.5, 0.6) is 0 Å². The Morgan fingerprint density at radius 3 is 2.87 bits per heavy atom. The molecular weight excluding hydrogens is 192 g/mol. The highest BCUT2D eigenvalue weighted by Crippen LogP contribution is 2.19. The predicted octanol–water partition coefficient (Wildman–Crippen LogP) is 0.0173. The van der Waals surface area contributed by atoms with E-state index in [9.17, 15) is 4.79 Å². The summed E-state index contributed by atoms with van der Waals surface area (Å²) in [7, 11) is 0. The van der Waals surface area contributed by atoms with Crippen LogP contribution < -0.4 is 10.6 Å². The Kier molecular flexibility index (Phi) is 2.35. The van der Waals surface area contributed by atoms with E-state index in [1.807, 2.05) is 6.07 Å². The van der Waals surface area contributed by atoms with Crippen LogP contribution in [-0.4, -0.2) is 23.5 Å². The number of nitrogens with zero attached hydrogens (tertiary/aromatic N) is 3. The van der Waals surface area contributed by atoms with Gasteiger partial charge in [-0.1, -0.05) is 0 Å². The van der Waals surface area contributed by atoms with Crippen molar-refractivity contribution in [1.29, 1.82) is 5.26 Å². The Morgan fingerprint density at radius 1 is 1.60 bits per heavy atom. The highest BCUT2D eigenvalue weighted by Gasteiger charge is 2.27. The quantitative estimate of drug-likeness (QED) is 0.695. The van der Waals surface area contributed by atoms with Gasteiger partial charge >= 0.3 is 0 Å². The number of anilines is 1. The number of nitriles is 1. The molecule has 0 bridgehead atoms. The molecule has 1 amide bonds. The van der Waals surface area contributed by atoms with Crippen molar-refractivity contribution in [1.82, 2.24) is 4.98 Å². The van der Waals surface area contributed by atoms with E-state index in [-0.39, 0.29) is 11.9 Å². The average Bonchev–Trinajstić information content (AvgIpc) is 2.58. The van der Waals surface area contributed by atoms with Gasteiger partial charge in [-0.15, -0.1) is 0 Å². The molecule has 0 aliphatic carbocycles. The van der Waals surface area contributed by atoms with Crippen LogP contribution in [0.3, 0.4) is 0 Å². The standard InChI is InChI=1S/C10H10N4O/c11-4-8-1-2-9(5-13-8)14-6-7(12)3-10(14)15/h1-2,5,7H,3,6,12H2. The minimum atomic E-state index is -0.104. The first kappa shape index (κ1) is 9.62. The SMILES string of the molecule is N#Cc1ccc(N2CC(N)CC2=O)cn1. The van der Waals surface area contributed by atoms with Crippen molar-refractivity contribution in [3.8, 4) is 6.07 Å². The number of amides is 1. The van der Waals surface area contributed by atoms with Gasteiger partial charge in [0.15, 0.2) is 0 Å². The molecule has 1 saturated heterocycles. The van der Waals surface area contributed by atoms with Gasteiger partial charge in [0, 0.05) is 19.0 Å². The van der Waals surface area contributed by atoms with Crippen LogP contribution in [0.2, 0.25) is 0 Å². The average molecular weight is 202 g/mol. The number of rotatable bonds is 1. The van der Waals surface area contributed by atoms with Crippen LogP contribution in [-0.2, 0) is 4.79 Å². The zero-order chi connectivity index (χ0) is 10.8. The molecule has 1 aliphatic rings. The van der Waals surface area contributed by atoms with Crippen molar-refractivity contribution in [3.63, 3.8) is 0 Å².